The van der Waals surface area contributed by atoms with Crippen molar-refractivity contribution < 1.29 is 32.2 Å². The van der Waals surface area contributed by atoms with Gasteiger partial charge in [-0.05, 0) is 36.4 Å². The predicted octanol–water partition coefficient (Wildman–Crippen LogP) is 3.49. The van der Waals surface area contributed by atoms with Crippen LogP contribution in [0.15, 0.2) is 79.1 Å². The maximum absolute atomic E-state index is 12.4. The minimum Gasteiger partial charge on any atom is -0.406 e. The molecule has 8 heteroatoms. The largest absolute Gasteiger partial charge is 0.573 e. The van der Waals surface area contributed by atoms with Gasteiger partial charge in [0, 0.05) is 28.8 Å². The van der Waals surface area contributed by atoms with Crippen LogP contribution in [0.5, 0.6) is 5.75 Å². The average molecular weight is 387 g/mol. The van der Waals surface area contributed by atoms with Gasteiger partial charge in [0.25, 0.3) is 0 Å². The van der Waals surface area contributed by atoms with Gasteiger partial charge in [-0.1, -0.05) is 22.9 Å². The van der Waals surface area contributed by atoms with Crippen LogP contribution in [-0.4, -0.2) is 18.1 Å². The first-order valence-corrected chi connectivity index (χ1v) is 8.10. The molecule has 0 fully saturated rings. The molecule has 5 nitrogen and oxygen atoms in total. The highest BCUT2D eigenvalue weighted by molar-refractivity contribution is 6.09. The van der Waals surface area contributed by atoms with Gasteiger partial charge in [-0.3, -0.25) is 9.59 Å². The molecule has 0 saturated heterocycles. The monoisotopic (exact) mass is 387 g/mol. The van der Waals surface area contributed by atoms with E-state index in [1.165, 1.54) is 41.1 Å². The van der Waals surface area contributed by atoms with Gasteiger partial charge in [0.05, 0.1) is 0 Å². The highest BCUT2D eigenvalue weighted by Crippen LogP contribution is 2.23. The number of nitrogens with one attached hydrogen (secondary N) is 1. The Morgan fingerprint density at radius 3 is 1.82 bits per heavy atom. The van der Waals surface area contributed by atoms with E-state index in [0.717, 1.165) is 12.1 Å². The zero-order chi connectivity index (χ0) is 20.1. The number of nitrogens with zero attached hydrogens (tertiary/aromatic N) is 1. The second kappa shape index (κ2) is 7.91. The van der Waals surface area contributed by atoms with Gasteiger partial charge in [-0.2, -0.15) is 0 Å². The van der Waals surface area contributed by atoms with Crippen LogP contribution in [0, 0.1) is 0 Å². The predicted molar refractivity (Wildman–Crippen MR) is 93.3 cm³/mol. The third-order valence-corrected chi connectivity index (χ3v) is 3.71. The van der Waals surface area contributed by atoms with E-state index in [-0.39, 0.29) is 17.3 Å². The summed E-state index contributed by atoms with van der Waals surface area (Å²) in [7, 11) is 0. The van der Waals surface area contributed by atoms with Crippen molar-refractivity contribution in [2.75, 3.05) is 5.43 Å². The van der Waals surface area contributed by atoms with E-state index in [9.17, 15) is 22.8 Å². The second-order valence-electron chi connectivity index (χ2n) is 5.70. The van der Waals surface area contributed by atoms with Gasteiger partial charge in [-0.15, -0.1) is 18.6 Å². The number of carbonyl (C=O) groups excluding carboxylic acids is 2. The minimum absolute atomic E-state index is 0.201. The summed E-state index contributed by atoms with van der Waals surface area (Å²) in [6, 6.07) is 15.9. The Balaban J connectivity index is 1.69. The maximum atomic E-state index is 12.4. The number of benzene rings is 2. The SMILES string of the molecule is O=C(N[n+]1ccccc1)c1ccc(C(=O)c2ccc(OC(F)(F)F)cc2)cc1. The fraction of sp³-hybridized carbons (Fsp3) is 0.0500. The van der Waals surface area contributed by atoms with E-state index in [1.54, 1.807) is 24.5 Å². The fourth-order valence-electron chi connectivity index (χ4n) is 2.40. The lowest BCUT2D eigenvalue weighted by Crippen LogP contribution is -2.47. The minimum atomic E-state index is -4.79. The molecule has 0 aliphatic carbocycles. The van der Waals surface area contributed by atoms with Gasteiger partial charge >= 0.3 is 12.3 Å². The number of halogens is 3. The first-order chi connectivity index (χ1) is 13.3. The normalized spacial score (nSPS) is 11.0. The Kier molecular flexibility index (Phi) is 5.39. The molecule has 1 N–H and O–H groups in total. The number of alkyl halides is 3. The number of pyridine rings is 1. The third kappa shape index (κ3) is 4.94. The molecule has 142 valence electrons. The van der Waals surface area contributed by atoms with Crippen molar-refractivity contribution in [2.45, 2.75) is 6.36 Å². The molecule has 0 spiro atoms. The molecule has 0 atom stereocenters. The van der Waals surface area contributed by atoms with Crippen molar-refractivity contribution in [2.24, 2.45) is 0 Å². The molecular weight excluding hydrogens is 373 g/mol. The van der Waals surface area contributed by atoms with E-state index >= 15 is 0 Å². The molecule has 3 rings (SSSR count). The number of rotatable bonds is 5. The third-order valence-electron chi connectivity index (χ3n) is 3.71. The smallest absolute Gasteiger partial charge is 0.406 e. The Morgan fingerprint density at radius 1 is 0.786 bits per heavy atom. The summed E-state index contributed by atoms with van der Waals surface area (Å²) in [5, 5.41) is 0. The summed E-state index contributed by atoms with van der Waals surface area (Å²) in [5.74, 6) is -1.15. The summed E-state index contributed by atoms with van der Waals surface area (Å²) in [6.07, 6.45) is -1.45. The van der Waals surface area contributed by atoms with Crippen molar-refractivity contribution >= 4 is 11.7 Å². The Hall–Kier alpha value is -3.68. The van der Waals surface area contributed by atoms with E-state index in [4.69, 9.17) is 0 Å². The van der Waals surface area contributed by atoms with Crippen LogP contribution in [0.1, 0.15) is 26.3 Å². The van der Waals surface area contributed by atoms with Gasteiger partial charge in [0.1, 0.15) is 5.75 Å². The number of hydrogen-bond donors (Lipinski definition) is 1. The van der Waals surface area contributed by atoms with Gasteiger partial charge in [0.15, 0.2) is 18.2 Å². The molecule has 0 radical (unpaired) electrons. The first-order valence-electron chi connectivity index (χ1n) is 8.10. The van der Waals surface area contributed by atoms with Gasteiger partial charge < -0.3 is 4.74 Å². The second-order valence-corrected chi connectivity index (χ2v) is 5.70. The Labute approximate surface area is 158 Å². The molecule has 0 aliphatic rings. The lowest BCUT2D eigenvalue weighted by molar-refractivity contribution is -0.641. The maximum Gasteiger partial charge on any atom is 0.573 e. The molecule has 28 heavy (non-hydrogen) atoms. The lowest BCUT2D eigenvalue weighted by Gasteiger charge is -2.09. The molecule has 1 amide bonds. The number of aromatic nitrogens is 1. The van der Waals surface area contributed by atoms with Crippen molar-refractivity contribution in [3.05, 3.63) is 95.8 Å². The molecule has 0 unspecified atom stereocenters. The van der Waals surface area contributed by atoms with Crippen molar-refractivity contribution in [1.82, 2.24) is 0 Å². The van der Waals surface area contributed by atoms with Gasteiger partial charge in [-0.25, -0.2) is 0 Å². The van der Waals surface area contributed by atoms with Gasteiger partial charge in [0.2, 0.25) is 0 Å². The quantitative estimate of drug-likeness (QED) is 0.539. The van der Waals surface area contributed by atoms with Crippen LogP contribution in [0.25, 0.3) is 0 Å². The van der Waals surface area contributed by atoms with E-state index in [0.29, 0.717) is 11.1 Å². The number of hydrogen-bond acceptors (Lipinski definition) is 3. The summed E-state index contributed by atoms with van der Waals surface area (Å²) in [5.41, 5.74) is 3.50. The van der Waals surface area contributed by atoms with Crippen LogP contribution in [-0.2, 0) is 0 Å². The summed E-state index contributed by atoms with van der Waals surface area (Å²) in [4.78, 5) is 24.6. The van der Waals surface area contributed by atoms with Crippen LogP contribution in [0.3, 0.4) is 0 Å². The standard InChI is InChI=1S/C20H13F3N2O3/c21-20(22,23)28-17-10-8-15(9-11-17)18(26)14-4-6-16(7-5-14)19(27)24-25-12-2-1-3-13-25/h1-13H/p+1. The summed E-state index contributed by atoms with van der Waals surface area (Å²) < 4.78 is 41.8. The molecule has 0 bridgehead atoms. The Bertz CT molecular complexity index is 970. The molecule has 3 aromatic rings. The molecule has 2 aromatic carbocycles. The fourth-order valence-corrected chi connectivity index (χ4v) is 2.40. The summed E-state index contributed by atoms with van der Waals surface area (Å²) in [6.45, 7) is 0. The number of carbonyl (C=O) groups is 2. The zero-order valence-electron chi connectivity index (χ0n) is 14.3. The molecule has 0 aliphatic heterocycles. The molecule has 1 heterocycles. The molecule has 0 saturated carbocycles. The van der Waals surface area contributed by atoms with Crippen molar-refractivity contribution in [3.8, 4) is 5.75 Å². The van der Waals surface area contributed by atoms with Crippen molar-refractivity contribution in [1.29, 1.82) is 0 Å². The highest BCUT2D eigenvalue weighted by atomic mass is 19.4. The van der Waals surface area contributed by atoms with E-state index in [1.807, 2.05) is 6.07 Å². The lowest BCUT2D eigenvalue weighted by atomic mass is 10.0. The van der Waals surface area contributed by atoms with Crippen LogP contribution >= 0.6 is 0 Å². The van der Waals surface area contributed by atoms with Crippen molar-refractivity contribution in [3.63, 3.8) is 0 Å². The topological polar surface area (TPSA) is 59.3 Å². The number of ether oxygens (including phenoxy) is 1. The Morgan fingerprint density at radius 2 is 1.29 bits per heavy atom. The first kappa shape index (κ1) is 19.1. The highest BCUT2D eigenvalue weighted by Gasteiger charge is 2.31. The summed E-state index contributed by atoms with van der Waals surface area (Å²) >= 11 is 0. The average Bonchev–Trinajstić information content (AvgIpc) is 2.68. The molecular formula is C20H14F3N2O3+. The van der Waals surface area contributed by atoms with Crippen LogP contribution in [0.4, 0.5) is 13.2 Å². The zero-order valence-corrected chi connectivity index (χ0v) is 14.3. The van der Waals surface area contributed by atoms with E-state index < -0.39 is 12.1 Å². The number of amides is 1. The van der Waals surface area contributed by atoms with E-state index in [2.05, 4.69) is 10.2 Å². The number of ketones is 1. The van der Waals surface area contributed by atoms with Crippen LogP contribution in [0.2, 0.25) is 0 Å². The molecule has 1 aromatic heterocycles. The van der Waals surface area contributed by atoms with Crippen LogP contribution < -0.4 is 14.8 Å².